The van der Waals surface area contributed by atoms with Crippen molar-refractivity contribution in [1.29, 1.82) is 0 Å². The van der Waals surface area contributed by atoms with Gasteiger partial charge in [0, 0.05) is 24.5 Å². The molecule has 148 valence electrons. The van der Waals surface area contributed by atoms with E-state index in [0.717, 1.165) is 34.8 Å². The summed E-state index contributed by atoms with van der Waals surface area (Å²) >= 11 is 1.03. The van der Waals surface area contributed by atoms with Crippen molar-refractivity contribution in [3.05, 3.63) is 70.6 Å². The molecule has 1 aliphatic rings. The highest BCUT2D eigenvalue weighted by Crippen LogP contribution is 2.24. The summed E-state index contributed by atoms with van der Waals surface area (Å²) in [5.41, 5.74) is 4.25. The van der Waals surface area contributed by atoms with Crippen molar-refractivity contribution in [3.63, 3.8) is 0 Å². The van der Waals surface area contributed by atoms with Crippen molar-refractivity contribution in [2.24, 2.45) is 10.2 Å². The highest BCUT2D eigenvalue weighted by Gasteiger charge is 2.24. The lowest BCUT2D eigenvalue weighted by molar-refractivity contribution is -0.135. The minimum Gasteiger partial charge on any atom is -0.466 e. The molecule has 0 radical (unpaired) electrons. The number of aryl methyl sites for hydroxylation is 1. The molecule has 0 aromatic heterocycles. The predicted octanol–water partition coefficient (Wildman–Crippen LogP) is 3.37. The average molecular weight is 408 g/mol. The maximum Gasteiger partial charge on any atom is 0.331 e. The molecule has 0 aliphatic carbocycles. The van der Waals surface area contributed by atoms with E-state index in [1.807, 2.05) is 31.3 Å². The van der Waals surface area contributed by atoms with Crippen LogP contribution in [0.4, 0.5) is 11.4 Å². The number of amides is 1. The van der Waals surface area contributed by atoms with E-state index in [0.29, 0.717) is 5.17 Å². The van der Waals surface area contributed by atoms with Gasteiger partial charge < -0.3 is 9.64 Å². The van der Waals surface area contributed by atoms with Gasteiger partial charge in [0.05, 0.1) is 18.2 Å². The summed E-state index contributed by atoms with van der Waals surface area (Å²) in [6.07, 6.45) is 2.72. The number of carbonyl (C=O) groups excluding carboxylic acids is 2. The third kappa shape index (κ3) is 5.32. The van der Waals surface area contributed by atoms with Crippen LogP contribution in [0.5, 0.6) is 0 Å². The Morgan fingerprint density at radius 1 is 1.10 bits per heavy atom. The number of benzene rings is 2. The molecular formula is C21H20N4O3S. The molecule has 1 heterocycles. The molecule has 1 aliphatic heterocycles. The number of nitrogens with one attached hydrogen (secondary N) is 1. The zero-order chi connectivity index (χ0) is 20.8. The van der Waals surface area contributed by atoms with Gasteiger partial charge in [-0.05, 0) is 48.5 Å². The van der Waals surface area contributed by atoms with E-state index in [9.17, 15) is 9.59 Å². The van der Waals surface area contributed by atoms with E-state index in [4.69, 9.17) is 0 Å². The van der Waals surface area contributed by atoms with Gasteiger partial charge in [0.1, 0.15) is 0 Å². The van der Waals surface area contributed by atoms with Gasteiger partial charge in [-0.25, -0.2) is 4.79 Å². The fraction of sp³-hybridized carbons (Fsp3) is 0.143. The summed E-state index contributed by atoms with van der Waals surface area (Å²) in [5.74, 6) is -0.999. The molecule has 1 fully saturated rings. The van der Waals surface area contributed by atoms with Crippen LogP contribution in [0.15, 0.2) is 69.7 Å². The van der Waals surface area contributed by atoms with Crippen LogP contribution in [-0.4, -0.2) is 37.4 Å². The van der Waals surface area contributed by atoms with Crippen molar-refractivity contribution in [2.75, 3.05) is 19.1 Å². The fourth-order valence-electron chi connectivity index (χ4n) is 2.49. The first-order valence-corrected chi connectivity index (χ1v) is 9.58. The van der Waals surface area contributed by atoms with E-state index in [-0.39, 0.29) is 4.91 Å². The first kappa shape index (κ1) is 20.3. The Labute approximate surface area is 173 Å². The van der Waals surface area contributed by atoms with Crippen molar-refractivity contribution in [2.45, 2.75) is 6.92 Å². The van der Waals surface area contributed by atoms with Gasteiger partial charge in [-0.3, -0.25) is 10.1 Å². The molecule has 3 rings (SSSR count). The fourth-order valence-corrected chi connectivity index (χ4v) is 3.23. The van der Waals surface area contributed by atoms with Gasteiger partial charge >= 0.3 is 5.97 Å². The van der Waals surface area contributed by atoms with Crippen LogP contribution in [0.2, 0.25) is 0 Å². The molecule has 29 heavy (non-hydrogen) atoms. The largest absolute Gasteiger partial charge is 0.466 e. The highest BCUT2D eigenvalue weighted by atomic mass is 32.2. The van der Waals surface area contributed by atoms with Crippen LogP contribution < -0.4 is 10.2 Å². The predicted molar refractivity (Wildman–Crippen MR) is 117 cm³/mol. The van der Waals surface area contributed by atoms with E-state index in [1.165, 1.54) is 12.7 Å². The number of methoxy groups -OCH3 is 1. The molecule has 0 atom stereocenters. The maximum atomic E-state index is 11.8. The first-order valence-electron chi connectivity index (χ1n) is 8.76. The third-order valence-electron chi connectivity index (χ3n) is 4.16. The number of ether oxygens (including phenoxy) is 1. The molecule has 2 aromatic carbocycles. The van der Waals surface area contributed by atoms with Crippen molar-refractivity contribution < 1.29 is 14.3 Å². The summed E-state index contributed by atoms with van der Waals surface area (Å²) in [7, 11) is 3.26. The van der Waals surface area contributed by atoms with Crippen molar-refractivity contribution in [3.8, 4) is 0 Å². The number of rotatable bonds is 5. The number of hydrogen-bond donors (Lipinski definition) is 1. The van der Waals surface area contributed by atoms with Gasteiger partial charge in [-0.2, -0.15) is 5.10 Å². The van der Waals surface area contributed by atoms with Gasteiger partial charge in [-0.1, -0.05) is 29.8 Å². The Kier molecular flexibility index (Phi) is 6.46. The second-order valence-corrected chi connectivity index (χ2v) is 7.25. The van der Waals surface area contributed by atoms with Gasteiger partial charge in [0.2, 0.25) is 0 Å². The van der Waals surface area contributed by atoms with E-state index >= 15 is 0 Å². The molecule has 0 unspecified atom stereocenters. The van der Waals surface area contributed by atoms with Crippen molar-refractivity contribution in [1.82, 2.24) is 5.32 Å². The standard InChI is InChI=1S/C21H20N4O3S/c1-14-4-8-16(9-5-14)25(2)17-10-6-15(7-11-17)13-22-24-21-23-20(27)18(29-21)12-19(26)28-3/h4-13H,1-3H3,(H,23,24,27)/b18-12+,22-13?. The average Bonchev–Trinajstić information content (AvgIpc) is 3.07. The van der Waals surface area contributed by atoms with Crippen molar-refractivity contribution >= 4 is 46.4 Å². The molecule has 0 spiro atoms. The Hall–Kier alpha value is -3.39. The van der Waals surface area contributed by atoms with Crippen LogP contribution in [0.3, 0.4) is 0 Å². The molecule has 0 bridgehead atoms. The Morgan fingerprint density at radius 2 is 1.72 bits per heavy atom. The summed E-state index contributed by atoms with van der Waals surface area (Å²) in [5, 5.41) is 10.8. The molecule has 1 N–H and O–H groups in total. The lowest BCUT2D eigenvalue weighted by atomic mass is 10.2. The molecular weight excluding hydrogens is 388 g/mol. The molecule has 7 nitrogen and oxygen atoms in total. The number of esters is 1. The Bertz CT molecular complexity index is 996. The van der Waals surface area contributed by atoms with Crippen LogP contribution in [0.25, 0.3) is 0 Å². The number of amidine groups is 1. The van der Waals surface area contributed by atoms with Crippen LogP contribution in [-0.2, 0) is 14.3 Å². The number of anilines is 2. The summed E-state index contributed by atoms with van der Waals surface area (Å²) in [6.45, 7) is 2.06. The molecule has 0 saturated carbocycles. The minimum atomic E-state index is -0.594. The lowest BCUT2D eigenvalue weighted by Crippen LogP contribution is -2.19. The molecule has 1 amide bonds. The zero-order valence-electron chi connectivity index (χ0n) is 16.2. The van der Waals surface area contributed by atoms with E-state index in [1.54, 1.807) is 6.21 Å². The van der Waals surface area contributed by atoms with Gasteiger partial charge in [-0.15, -0.1) is 5.10 Å². The Balaban J connectivity index is 1.64. The second-order valence-electron chi connectivity index (χ2n) is 6.22. The molecule has 2 aromatic rings. The SMILES string of the molecule is COC(=O)/C=C1/S/C(=N\N=Cc2ccc(N(C)c3ccc(C)cc3)cc2)NC1=O. The number of hydrogen-bond acceptors (Lipinski definition) is 7. The summed E-state index contributed by atoms with van der Waals surface area (Å²) in [6, 6.07) is 16.2. The topological polar surface area (TPSA) is 83.4 Å². The normalized spacial score (nSPS) is 16.4. The Morgan fingerprint density at radius 3 is 2.34 bits per heavy atom. The summed E-state index contributed by atoms with van der Waals surface area (Å²) in [4.78, 5) is 25.3. The monoisotopic (exact) mass is 408 g/mol. The molecule has 8 heteroatoms. The van der Waals surface area contributed by atoms with Crippen LogP contribution in [0.1, 0.15) is 11.1 Å². The summed E-state index contributed by atoms with van der Waals surface area (Å²) < 4.78 is 4.51. The van der Waals surface area contributed by atoms with Gasteiger partial charge in [0.15, 0.2) is 5.17 Å². The first-order chi connectivity index (χ1) is 14.0. The zero-order valence-corrected chi connectivity index (χ0v) is 17.1. The highest BCUT2D eigenvalue weighted by molar-refractivity contribution is 8.18. The quantitative estimate of drug-likeness (QED) is 0.355. The van der Waals surface area contributed by atoms with Crippen LogP contribution in [0, 0.1) is 6.92 Å². The maximum absolute atomic E-state index is 11.8. The number of nitrogens with zero attached hydrogens (tertiary/aromatic N) is 3. The number of thioether (sulfide) groups is 1. The van der Waals surface area contributed by atoms with Crippen LogP contribution >= 0.6 is 11.8 Å². The van der Waals surface area contributed by atoms with E-state index < -0.39 is 11.9 Å². The van der Waals surface area contributed by atoms with Gasteiger partial charge in [0.25, 0.3) is 5.91 Å². The smallest absolute Gasteiger partial charge is 0.331 e. The van der Waals surface area contributed by atoms with E-state index in [2.05, 4.69) is 56.3 Å². The third-order valence-corrected chi connectivity index (χ3v) is 5.06. The molecule has 1 saturated heterocycles. The minimum absolute atomic E-state index is 0.217. The second kappa shape index (κ2) is 9.20. The lowest BCUT2D eigenvalue weighted by Gasteiger charge is -2.19. The number of carbonyl (C=O) groups is 2.